The third kappa shape index (κ3) is 4.08. The van der Waals surface area contributed by atoms with Crippen molar-refractivity contribution in [3.8, 4) is 28.3 Å². The highest BCUT2D eigenvalue weighted by Gasteiger charge is 2.27. The van der Waals surface area contributed by atoms with Crippen molar-refractivity contribution in [2.24, 2.45) is 0 Å². The molecule has 5 heteroatoms. The Hall–Kier alpha value is -8.02. The Kier molecular flexibility index (Phi) is 5.96. The van der Waals surface area contributed by atoms with E-state index in [9.17, 15) is 0 Å². The van der Waals surface area contributed by atoms with E-state index in [0.717, 1.165) is 77.0 Å². The SMILES string of the molecule is c1ccc(-c2ccc(-c3nc(-n4c5cc6oc7ccccc7c6c6c7cccc8c9ccccc9n(c9cccc4c9c65)c87)nc4c3ccc3ccccc34)cc2)cc1. The summed E-state index contributed by atoms with van der Waals surface area (Å²) in [6.45, 7) is 0. The Bertz CT molecular complexity index is 4060. The van der Waals surface area contributed by atoms with Crippen LogP contribution in [0, 0.1) is 0 Å². The van der Waals surface area contributed by atoms with Crippen LogP contribution in [0.4, 0.5) is 0 Å². The van der Waals surface area contributed by atoms with Gasteiger partial charge in [-0.25, -0.2) is 9.97 Å². The second kappa shape index (κ2) is 11.3. The van der Waals surface area contributed by atoms with Crippen LogP contribution in [0.25, 0.3) is 132 Å². The van der Waals surface area contributed by atoms with E-state index in [1.807, 2.05) is 0 Å². The van der Waals surface area contributed by atoms with Crippen LogP contribution >= 0.6 is 0 Å². The van der Waals surface area contributed by atoms with Crippen LogP contribution in [0.2, 0.25) is 0 Å². The van der Waals surface area contributed by atoms with Gasteiger partial charge >= 0.3 is 0 Å². The molecule has 0 amide bonds. The van der Waals surface area contributed by atoms with E-state index in [1.54, 1.807) is 0 Å². The first-order valence-corrected chi connectivity index (χ1v) is 20.1. The summed E-state index contributed by atoms with van der Waals surface area (Å²) in [4.78, 5) is 11.1. The van der Waals surface area contributed by atoms with Gasteiger partial charge in [-0.15, -0.1) is 0 Å². The predicted octanol–water partition coefficient (Wildman–Crippen LogP) is 14.3. The van der Waals surface area contributed by atoms with Gasteiger partial charge in [0.1, 0.15) is 11.2 Å². The van der Waals surface area contributed by atoms with Gasteiger partial charge in [-0.2, -0.15) is 0 Å². The molecular weight excluding hydrogens is 721 g/mol. The molecule has 0 saturated heterocycles. The van der Waals surface area contributed by atoms with Crippen molar-refractivity contribution in [3.05, 3.63) is 182 Å². The minimum absolute atomic E-state index is 0.617. The zero-order valence-corrected chi connectivity index (χ0v) is 31.5. The molecule has 0 saturated carbocycles. The van der Waals surface area contributed by atoms with E-state index in [-0.39, 0.29) is 0 Å². The van der Waals surface area contributed by atoms with Crippen molar-refractivity contribution < 1.29 is 4.42 Å². The minimum atomic E-state index is 0.617. The van der Waals surface area contributed by atoms with Crippen molar-refractivity contribution in [2.45, 2.75) is 0 Å². The maximum atomic E-state index is 6.80. The molecule has 0 aliphatic carbocycles. The molecule has 0 radical (unpaired) electrons. The Morgan fingerprint density at radius 2 is 1.05 bits per heavy atom. The molecule has 0 aliphatic heterocycles. The van der Waals surface area contributed by atoms with E-state index in [0.29, 0.717) is 5.95 Å². The van der Waals surface area contributed by atoms with Gasteiger partial charge in [-0.05, 0) is 46.8 Å². The number of rotatable bonds is 3. The summed E-state index contributed by atoms with van der Waals surface area (Å²) < 4.78 is 11.6. The van der Waals surface area contributed by atoms with Crippen molar-refractivity contribution in [1.29, 1.82) is 0 Å². The molecular formula is C54H30N4O. The van der Waals surface area contributed by atoms with E-state index in [2.05, 4.69) is 191 Å². The van der Waals surface area contributed by atoms with Gasteiger partial charge in [0.15, 0.2) is 0 Å². The van der Waals surface area contributed by atoms with Crippen LogP contribution in [0.3, 0.4) is 0 Å². The maximum Gasteiger partial charge on any atom is 0.235 e. The van der Waals surface area contributed by atoms with E-state index in [1.165, 1.54) is 48.9 Å². The molecule has 0 unspecified atom stereocenters. The fraction of sp³-hybridized carbons (Fsp3) is 0. The number of aromatic nitrogens is 4. The van der Waals surface area contributed by atoms with Gasteiger partial charge in [0.2, 0.25) is 5.95 Å². The molecule has 0 fully saturated rings. The van der Waals surface area contributed by atoms with E-state index >= 15 is 0 Å². The quantitative estimate of drug-likeness (QED) is 0.169. The number of hydrogen-bond donors (Lipinski definition) is 0. The lowest BCUT2D eigenvalue weighted by molar-refractivity contribution is 0.669. The van der Waals surface area contributed by atoms with Gasteiger partial charge in [0.05, 0.1) is 38.8 Å². The topological polar surface area (TPSA) is 48.3 Å². The van der Waals surface area contributed by atoms with Crippen molar-refractivity contribution in [2.75, 3.05) is 0 Å². The Morgan fingerprint density at radius 3 is 1.95 bits per heavy atom. The van der Waals surface area contributed by atoms with Crippen LogP contribution in [0.15, 0.2) is 186 Å². The van der Waals surface area contributed by atoms with E-state index in [4.69, 9.17) is 14.4 Å². The summed E-state index contributed by atoms with van der Waals surface area (Å²) in [5.41, 5.74) is 12.5. The van der Waals surface area contributed by atoms with Crippen LogP contribution in [-0.2, 0) is 0 Å². The molecule has 0 bridgehead atoms. The number of furan rings is 1. The van der Waals surface area contributed by atoms with Gasteiger partial charge in [-0.1, -0.05) is 146 Å². The number of hydrogen-bond acceptors (Lipinski definition) is 3. The second-order valence-electron chi connectivity index (χ2n) is 15.7. The molecule has 14 aromatic rings. The Labute approximate surface area is 335 Å². The standard InChI is InChI=1S/C54H30N4O/c1-2-12-31(13-3-1)32-24-26-34(27-25-32)51-40-29-28-33-14-4-5-15-35(33)52(40)56-54(55-51)58-43-22-11-21-42-49(43)50-44(58)30-46-47(38-17-7-9-23-45(38)59-46)48(50)39-19-10-18-37-36-16-6-8-20-41(36)57(42)53(37)39/h1-30H. The molecule has 5 nitrogen and oxygen atoms in total. The maximum absolute atomic E-state index is 6.80. The molecule has 0 N–H and O–H groups in total. The average Bonchev–Trinajstić information content (AvgIpc) is 3.93. The third-order valence-electron chi connectivity index (χ3n) is 12.6. The molecule has 0 atom stereocenters. The summed E-state index contributed by atoms with van der Waals surface area (Å²) in [5, 5.41) is 12.6. The number of nitrogens with zero attached hydrogens (tertiary/aromatic N) is 4. The summed E-state index contributed by atoms with van der Waals surface area (Å²) in [5.74, 6) is 0.617. The summed E-state index contributed by atoms with van der Waals surface area (Å²) >= 11 is 0. The highest BCUT2D eigenvalue weighted by atomic mass is 16.3. The van der Waals surface area contributed by atoms with Crippen LogP contribution in [-0.4, -0.2) is 18.9 Å². The molecule has 0 aliphatic rings. The fourth-order valence-electron chi connectivity index (χ4n) is 10.2. The molecule has 9 aromatic carbocycles. The highest BCUT2D eigenvalue weighted by Crippen LogP contribution is 2.48. The molecule has 5 heterocycles. The zero-order valence-electron chi connectivity index (χ0n) is 31.5. The summed E-state index contributed by atoms with van der Waals surface area (Å²) in [6.07, 6.45) is 0. The highest BCUT2D eigenvalue weighted by molar-refractivity contribution is 6.39. The third-order valence-corrected chi connectivity index (χ3v) is 12.6. The number of fused-ring (bicyclic) bond motifs is 12. The van der Waals surface area contributed by atoms with Crippen molar-refractivity contribution in [1.82, 2.24) is 18.9 Å². The van der Waals surface area contributed by atoms with Crippen molar-refractivity contribution in [3.63, 3.8) is 0 Å². The largest absolute Gasteiger partial charge is 0.456 e. The number of para-hydroxylation sites is 3. The zero-order chi connectivity index (χ0) is 38.3. The first-order valence-electron chi connectivity index (χ1n) is 20.1. The first-order chi connectivity index (χ1) is 29.3. The lowest BCUT2D eigenvalue weighted by Gasteiger charge is -2.14. The van der Waals surface area contributed by atoms with Gasteiger partial charge in [0, 0.05) is 65.5 Å². The number of benzene rings is 9. The van der Waals surface area contributed by atoms with Crippen LogP contribution < -0.4 is 0 Å². The van der Waals surface area contributed by atoms with E-state index < -0.39 is 0 Å². The smallest absolute Gasteiger partial charge is 0.235 e. The molecule has 272 valence electrons. The lowest BCUT2D eigenvalue weighted by atomic mass is 9.99. The summed E-state index contributed by atoms with van der Waals surface area (Å²) in [7, 11) is 0. The van der Waals surface area contributed by atoms with Gasteiger partial charge in [0.25, 0.3) is 0 Å². The average molecular weight is 751 g/mol. The molecule has 0 spiro atoms. The predicted molar refractivity (Wildman–Crippen MR) is 244 cm³/mol. The van der Waals surface area contributed by atoms with Crippen LogP contribution in [0.1, 0.15) is 0 Å². The fourth-order valence-corrected chi connectivity index (χ4v) is 10.2. The molecule has 5 aromatic heterocycles. The van der Waals surface area contributed by atoms with Crippen molar-refractivity contribution >= 4 is 104 Å². The molecule has 14 rings (SSSR count). The minimum Gasteiger partial charge on any atom is -0.456 e. The van der Waals surface area contributed by atoms with Gasteiger partial charge < -0.3 is 8.82 Å². The Balaban J connectivity index is 1.19. The second-order valence-corrected chi connectivity index (χ2v) is 15.7. The monoisotopic (exact) mass is 750 g/mol. The summed E-state index contributed by atoms with van der Waals surface area (Å²) in [6, 6.07) is 65.1. The Morgan fingerprint density at radius 1 is 0.373 bits per heavy atom. The van der Waals surface area contributed by atoms with Crippen LogP contribution in [0.5, 0.6) is 0 Å². The lowest BCUT2D eigenvalue weighted by Crippen LogP contribution is -2.04. The molecule has 59 heavy (non-hydrogen) atoms. The van der Waals surface area contributed by atoms with Gasteiger partial charge in [-0.3, -0.25) is 4.57 Å². The first kappa shape index (κ1) is 31.1. The normalized spacial score (nSPS) is 12.4.